The molecule has 1 aromatic carbocycles. The van der Waals surface area contributed by atoms with Gasteiger partial charge in [-0.1, -0.05) is 22.0 Å². The molecule has 1 amide bonds. The van der Waals surface area contributed by atoms with E-state index in [1.165, 1.54) is 0 Å². The molecule has 0 saturated heterocycles. The van der Waals surface area contributed by atoms with Crippen molar-refractivity contribution in [2.75, 3.05) is 5.32 Å². The Hall–Kier alpha value is -1.13. The quantitative estimate of drug-likeness (QED) is 0.840. The van der Waals surface area contributed by atoms with E-state index in [2.05, 4.69) is 27.8 Å². The molecule has 92 valence electrons. The van der Waals surface area contributed by atoms with Gasteiger partial charge >= 0.3 is 0 Å². The number of nitrogens with two attached hydrogens (primary N) is 1. The second-order valence-electron chi connectivity index (χ2n) is 4.03. The Morgan fingerprint density at radius 2 is 2.06 bits per heavy atom. The second kappa shape index (κ2) is 5.98. The number of hydrogen-bond donors (Lipinski definition) is 2. The molecular weight excluding hydrogens is 280 g/mol. The Bertz CT molecular complexity index is 420. The summed E-state index contributed by atoms with van der Waals surface area (Å²) in [5, 5.41) is 2.86. The molecule has 1 atom stereocenters. The van der Waals surface area contributed by atoms with Crippen molar-refractivity contribution >= 4 is 27.5 Å². The van der Waals surface area contributed by atoms with Crippen molar-refractivity contribution in [3.63, 3.8) is 0 Å². The summed E-state index contributed by atoms with van der Waals surface area (Å²) in [5.74, 6) is -0.182. The summed E-state index contributed by atoms with van der Waals surface area (Å²) >= 11 is 3.42. The molecule has 0 saturated carbocycles. The van der Waals surface area contributed by atoms with Crippen LogP contribution in [0.1, 0.15) is 17.5 Å². The fraction of sp³-hybridized carbons (Fsp3) is 0.308. The molecule has 1 aromatic rings. The summed E-state index contributed by atoms with van der Waals surface area (Å²) in [4.78, 5) is 11.8. The first-order valence-corrected chi connectivity index (χ1v) is 6.19. The van der Waals surface area contributed by atoms with Crippen LogP contribution in [0.3, 0.4) is 0 Å². The van der Waals surface area contributed by atoms with Crippen LogP contribution < -0.4 is 11.1 Å². The van der Waals surface area contributed by atoms with Crippen LogP contribution in [0.4, 0.5) is 5.69 Å². The van der Waals surface area contributed by atoms with Crippen molar-refractivity contribution in [2.45, 2.75) is 26.3 Å². The number of rotatable bonds is 4. The standard InChI is InChI=1S/C13H17BrN2O/c1-4-5-11(15)13(17)16-12-8(2)6-10(14)7-9(12)3/h4,6-7,11H,1,5,15H2,2-3H3,(H,16,17). The van der Waals surface area contributed by atoms with Crippen LogP contribution in [0.5, 0.6) is 0 Å². The van der Waals surface area contributed by atoms with Gasteiger partial charge in [0, 0.05) is 10.2 Å². The monoisotopic (exact) mass is 296 g/mol. The predicted octanol–water partition coefficient (Wildman–Crippen LogP) is 2.91. The van der Waals surface area contributed by atoms with Gasteiger partial charge in [0.25, 0.3) is 0 Å². The molecule has 0 aliphatic heterocycles. The van der Waals surface area contributed by atoms with Gasteiger partial charge in [0.2, 0.25) is 5.91 Å². The van der Waals surface area contributed by atoms with Gasteiger partial charge in [0.15, 0.2) is 0 Å². The van der Waals surface area contributed by atoms with E-state index >= 15 is 0 Å². The van der Waals surface area contributed by atoms with Gasteiger partial charge in [-0.05, 0) is 43.5 Å². The van der Waals surface area contributed by atoms with Crippen LogP contribution in [0.15, 0.2) is 29.3 Å². The lowest BCUT2D eigenvalue weighted by atomic mass is 10.1. The molecule has 0 bridgehead atoms. The molecule has 1 rings (SSSR count). The predicted molar refractivity (Wildman–Crippen MR) is 75.0 cm³/mol. The lowest BCUT2D eigenvalue weighted by molar-refractivity contribution is -0.117. The first-order chi connectivity index (χ1) is 7.95. The van der Waals surface area contributed by atoms with Crippen LogP contribution in [-0.4, -0.2) is 11.9 Å². The molecule has 17 heavy (non-hydrogen) atoms. The van der Waals surface area contributed by atoms with Crippen LogP contribution in [-0.2, 0) is 4.79 Å². The molecule has 0 spiro atoms. The van der Waals surface area contributed by atoms with Gasteiger partial charge in [-0.25, -0.2) is 0 Å². The summed E-state index contributed by atoms with van der Waals surface area (Å²) in [5.41, 5.74) is 8.56. The Balaban J connectivity index is 2.88. The minimum absolute atomic E-state index is 0.182. The van der Waals surface area contributed by atoms with Crippen LogP contribution in [0.25, 0.3) is 0 Å². The molecule has 4 heteroatoms. The summed E-state index contributed by atoms with van der Waals surface area (Å²) in [7, 11) is 0. The minimum Gasteiger partial charge on any atom is -0.324 e. The smallest absolute Gasteiger partial charge is 0.241 e. The van der Waals surface area contributed by atoms with Crippen molar-refractivity contribution in [2.24, 2.45) is 5.73 Å². The topological polar surface area (TPSA) is 55.1 Å². The number of benzene rings is 1. The minimum atomic E-state index is -0.546. The molecule has 3 N–H and O–H groups in total. The number of aryl methyl sites for hydroxylation is 2. The first kappa shape index (κ1) is 13.9. The van der Waals surface area contributed by atoms with Gasteiger partial charge < -0.3 is 11.1 Å². The third-order valence-corrected chi connectivity index (χ3v) is 2.96. The number of halogens is 1. The van der Waals surface area contributed by atoms with E-state index < -0.39 is 6.04 Å². The number of amides is 1. The molecule has 0 aliphatic carbocycles. The van der Waals surface area contributed by atoms with E-state index in [4.69, 9.17) is 5.73 Å². The van der Waals surface area contributed by atoms with Crippen LogP contribution in [0, 0.1) is 13.8 Å². The molecule has 0 aromatic heterocycles. The van der Waals surface area contributed by atoms with Gasteiger partial charge in [-0.15, -0.1) is 6.58 Å². The average molecular weight is 297 g/mol. The zero-order chi connectivity index (χ0) is 13.0. The SMILES string of the molecule is C=CCC(N)C(=O)Nc1c(C)cc(Br)cc1C. The van der Waals surface area contributed by atoms with E-state index in [0.29, 0.717) is 6.42 Å². The van der Waals surface area contributed by atoms with Gasteiger partial charge in [-0.3, -0.25) is 4.79 Å². The summed E-state index contributed by atoms with van der Waals surface area (Å²) in [6, 6.07) is 3.37. The van der Waals surface area contributed by atoms with Crippen LogP contribution >= 0.6 is 15.9 Å². The molecule has 0 fully saturated rings. The van der Waals surface area contributed by atoms with Crippen molar-refractivity contribution in [3.05, 3.63) is 40.4 Å². The normalized spacial score (nSPS) is 12.0. The largest absolute Gasteiger partial charge is 0.324 e. The summed E-state index contributed by atoms with van der Waals surface area (Å²) in [6.45, 7) is 7.47. The Labute approximate surface area is 110 Å². The van der Waals surface area contributed by atoms with E-state index in [1.807, 2.05) is 26.0 Å². The number of carbonyl (C=O) groups is 1. The zero-order valence-corrected chi connectivity index (χ0v) is 11.7. The second-order valence-corrected chi connectivity index (χ2v) is 4.95. The van der Waals surface area contributed by atoms with Crippen molar-refractivity contribution in [1.82, 2.24) is 0 Å². The van der Waals surface area contributed by atoms with Gasteiger partial charge in [-0.2, -0.15) is 0 Å². The maximum absolute atomic E-state index is 11.8. The van der Waals surface area contributed by atoms with E-state index in [-0.39, 0.29) is 5.91 Å². The van der Waals surface area contributed by atoms with Crippen molar-refractivity contribution < 1.29 is 4.79 Å². The third kappa shape index (κ3) is 3.68. The molecule has 1 unspecified atom stereocenters. The molecular formula is C13H17BrN2O. The van der Waals surface area contributed by atoms with Crippen LogP contribution in [0.2, 0.25) is 0 Å². The number of hydrogen-bond acceptors (Lipinski definition) is 2. The van der Waals surface area contributed by atoms with Crippen molar-refractivity contribution in [3.8, 4) is 0 Å². The highest BCUT2D eigenvalue weighted by molar-refractivity contribution is 9.10. The highest BCUT2D eigenvalue weighted by Crippen LogP contribution is 2.25. The first-order valence-electron chi connectivity index (χ1n) is 5.39. The van der Waals surface area contributed by atoms with E-state index in [0.717, 1.165) is 21.3 Å². The molecule has 0 radical (unpaired) electrons. The number of anilines is 1. The Kier molecular flexibility index (Phi) is 4.90. The summed E-state index contributed by atoms with van der Waals surface area (Å²) in [6.07, 6.45) is 2.12. The van der Waals surface area contributed by atoms with Gasteiger partial charge in [0.1, 0.15) is 0 Å². The fourth-order valence-electron chi connectivity index (χ4n) is 1.61. The van der Waals surface area contributed by atoms with Crippen molar-refractivity contribution in [1.29, 1.82) is 0 Å². The lowest BCUT2D eigenvalue weighted by Crippen LogP contribution is -2.35. The number of nitrogens with one attached hydrogen (secondary N) is 1. The molecule has 3 nitrogen and oxygen atoms in total. The highest BCUT2D eigenvalue weighted by Gasteiger charge is 2.14. The third-order valence-electron chi connectivity index (χ3n) is 2.50. The maximum atomic E-state index is 11.8. The Morgan fingerprint density at radius 3 is 2.53 bits per heavy atom. The Morgan fingerprint density at radius 1 is 1.53 bits per heavy atom. The summed E-state index contributed by atoms with van der Waals surface area (Å²) < 4.78 is 1.00. The van der Waals surface area contributed by atoms with Gasteiger partial charge in [0.05, 0.1) is 6.04 Å². The van der Waals surface area contributed by atoms with E-state index in [9.17, 15) is 4.79 Å². The fourth-order valence-corrected chi connectivity index (χ4v) is 2.30. The van der Waals surface area contributed by atoms with E-state index in [1.54, 1.807) is 6.08 Å². The molecule has 0 aliphatic rings. The zero-order valence-electron chi connectivity index (χ0n) is 10.1. The number of carbonyl (C=O) groups excluding carboxylic acids is 1. The molecule has 0 heterocycles. The maximum Gasteiger partial charge on any atom is 0.241 e. The average Bonchev–Trinajstić information content (AvgIpc) is 2.23. The highest BCUT2D eigenvalue weighted by atomic mass is 79.9. The lowest BCUT2D eigenvalue weighted by Gasteiger charge is -2.15.